The minimum absolute atomic E-state index is 0.00792. The molecule has 88 valence electrons. The summed E-state index contributed by atoms with van der Waals surface area (Å²) < 4.78 is 5.82. The predicted molar refractivity (Wildman–Crippen MR) is 61.7 cm³/mol. The minimum atomic E-state index is -0.00792. The second-order valence-corrected chi connectivity index (χ2v) is 5.93. The van der Waals surface area contributed by atoms with Gasteiger partial charge in [-0.3, -0.25) is 4.90 Å². The molecule has 0 aliphatic carbocycles. The van der Waals surface area contributed by atoms with E-state index in [0.29, 0.717) is 0 Å². The van der Waals surface area contributed by atoms with Crippen molar-refractivity contribution in [3.63, 3.8) is 0 Å². The van der Waals surface area contributed by atoms with Gasteiger partial charge in [-0.25, -0.2) is 0 Å². The number of nitrogens with one attached hydrogen (secondary N) is 1. The van der Waals surface area contributed by atoms with Crippen molar-refractivity contribution in [3.05, 3.63) is 0 Å². The highest BCUT2D eigenvalue weighted by Gasteiger charge is 2.34. The van der Waals surface area contributed by atoms with Gasteiger partial charge in [0, 0.05) is 13.1 Å². The SMILES string of the molecule is CC(C)(C)OCN1C[C@H]2CCNC[C@H]2C1. The Labute approximate surface area is 93.2 Å². The van der Waals surface area contributed by atoms with Crippen LogP contribution in [0.25, 0.3) is 0 Å². The number of likely N-dealkylation sites (tertiary alicyclic amines) is 1. The smallest absolute Gasteiger partial charge is 0.0997 e. The van der Waals surface area contributed by atoms with Crippen molar-refractivity contribution in [2.75, 3.05) is 32.9 Å². The molecule has 15 heavy (non-hydrogen) atoms. The highest BCUT2D eigenvalue weighted by molar-refractivity contribution is 4.87. The maximum atomic E-state index is 5.82. The van der Waals surface area contributed by atoms with E-state index in [4.69, 9.17) is 4.74 Å². The Morgan fingerprint density at radius 3 is 2.67 bits per heavy atom. The monoisotopic (exact) mass is 212 g/mol. The third-order valence-electron chi connectivity index (χ3n) is 3.43. The Morgan fingerprint density at radius 1 is 1.27 bits per heavy atom. The molecule has 0 aromatic heterocycles. The molecule has 1 N–H and O–H groups in total. The molecule has 2 aliphatic rings. The molecular weight excluding hydrogens is 188 g/mol. The molecule has 2 atom stereocenters. The first-order valence-electron chi connectivity index (χ1n) is 6.11. The lowest BCUT2D eigenvalue weighted by molar-refractivity contribution is -0.0581. The molecule has 2 aliphatic heterocycles. The van der Waals surface area contributed by atoms with Gasteiger partial charge in [0.15, 0.2) is 0 Å². The molecule has 0 aromatic rings. The normalized spacial score (nSPS) is 33.0. The van der Waals surface area contributed by atoms with Crippen LogP contribution in [0.15, 0.2) is 0 Å². The van der Waals surface area contributed by atoms with Gasteiger partial charge in [0.1, 0.15) is 0 Å². The van der Waals surface area contributed by atoms with Crippen LogP contribution in [-0.2, 0) is 4.74 Å². The fraction of sp³-hybridized carbons (Fsp3) is 1.00. The molecule has 3 heteroatoms. The number of rotatable bonds is 2. The van der Waals surface area contributed by atoms with Gasteiger partial charge >= 0.3 is 0 Å². The second kappa shape index (κ2) is 4.40. The summed E-state index contributed by atoms with van der Waals surface area (Å²) in [5, 5.41) is 3.48. The average Bonchev–Trinajstić information content (AvgIpc) is 2.56. The Hall–Kier alpha value is -0.120. The Bertz CT molecular complexity index is 198. The van der Waals surface area contributed by atoms with Crippen molar-refractivity contribution in [3.8, 4) is 0 Å². The lowest BCUT2D eigenvalue weighted by Crippen LogP contribution is -2.35. The van der Waals surface area contributed by atoms with Crippen molar-refractivity contribution in [2.24, 2.45) is 11.8 Å². The summed E-state index contributed by atoms with van der Waals surface area (Å²) >= 11 is 0. The zero-order valence-electron chi connectivity index (χ0n) is 10.3. The molecule has 0 unspecified atom stereocenters. The van der Waals surface area contributed by atoms with Crippen molar-refractivity contribution in [1.29, 1.82) is 0 Å². The second-order valence-electron chi connectivity index (χ2n) is 5.93. The number of piperidine rings is 1. The van der Waals surface area contributed by atoms with E-state index in [0.717, 1.165) is 18.6 Å². The Balaban J connectivity index is 1.77. The molecule has 2 rings (SSSR count). The lowest BCUT2D eigenvalue weighted by Gasteiger charge is -2.24. The van der Waals surface area contributed by atoms with Crippen molar-refractivity contribution < 1.29 is 4.74 Å². The molecule has 2 fully saturated rings. The maximum absolute atomic E-state index is 5.82. The summed E-state index contributed by atoms with van der Waals surface area (Å²) in [6.45, 7) is 12.0. The molecular formula is C12H24N2O. The van der Waals surface area contributed by atoms with Crippen molar-refractivity contribution in [1.82, 2.24) is 10.2 Å². The van der Waals surface area contributed by atoms with E-state index in [2.05, 4.69) is 31.0 Å². The fourth-order valence-corrected chi connectivity index (χ4v) is 2.56. The summed E-state index contributed by atoms with van der Waals surface area (Å²) in [6, 6.07) is 0. The van der Waals surface area contributed by atoms with Gasteiger partial charge in [-0.2, -0.15) is 0 Å². The highest BCUT2D eigenvalue weighted by atomic mass is 16.5. The van der Waals surface area contributed by atoms with E-state index in [-0.39, 0.29) is 5.60 Å². The zero-order valence-corrected chi connectivity index (χ0v) is 10.3. The van der Waals surface area contributed by atoms with E-state index < -0.39 is 0 Å². The van der Waals surface area contributed by atoms with Gasteiger partial charge in [0.25, 0.3) is 0 Å². The number of nitrogens with zero attached hydrogens (tertiary/aromatic N) is 1. The maximum Gasteiger partial charge on any atom is 0.0997 e. The fourth-order valence-electron chi connectivity index (χ4n) is 2.56. The van der Waals surface area contributed by atoms with Crippen LogP contribution in [0, 0.1) is 11.8 Å². The molecule has 0 bridgehead atoms. The van der Waals surface area contributed by atoms with Gasteiger partial charge in [-0.05, 0) is 52.1 Å². The molecule has 3 nitrogen and oxygen atoms in total. The molecule has 0 saturated carbocycles. The first kappa shape index (κ1) is 11.4. The van der Waals surface area contributed by atoms with Crippen LogP contribution < -0.4 is 5.32 Å². The Kier molecular flexibility index (Phi) is 3.33. The van der Waals surface area contributed by atoms with Gasteiger partial charge in [0.05, 0.1) is 12.3 Å². The van der Waals surface area contributed by atoms with E-state index in [1.807, 2.05) is 0 Å². The van der Waals surface area contributed by atoms with Gasteiger partial charge in [-0.1, -0.05) is 0 Å². The van der Waals surface area contributed by atoms with Crippen LogP contribution in [-0.4, -0.2) is 43.4 Å². The van der Waals surface area contributed by atoms with E-state index >= 15 is 0 Å². The topological polar surface area (TPSA) is 24.5 Å². The molecule has 0 spiro atoms. The van der Waals surface area contributed by atoms with Gasteiger partial charge < -0.3 is 10.1 Å². The predicted octanol–water partition coefficient (Wildman–Crippen LogP) is 1.30. The largest absolute Gasteiger partial charge is 0.360 e. The van der Waals surface area contributed by atoms with Crippen molar-refractivity contribution >= 4 is 0 Å². The quantitative estimate of drug-likeness (QED) is 0.747. The van der Waals surface area contributed by atoms with Crippen molar-refractivity contribution in [2.45, 2.75) is 32.8 Å². The van der Waals surface area contributed by atoms with E-state index in [1.165, 1.54) is 32.6 Å². The molecule has 0 radical (unpaired) electrons. The first-order chi connectivity index (χ1) is 7.04. The van der Waals surface area contributed by atoms with Crippen LogP contribution in [0.1, 0.15) is 27.2 Å². The third kappa shape index (κ3) is 3.16. The molecule has 0 amide bonds. The van der Waals surface area contributed by atoms with Gasteiger partial charge in [0.2, 0.25) is 0 Å². The Morgan fingerprint density at radius 2 is 2.00 bits per heavy atom. The first-order valence-corrected chi connectivity index (χ1v) is 6.11. The van der Waals surface area contributed by atoms with Crippen LogP contribution in [0.5, 0.6) is 0 Å². The average molecular weight is 212 g/mol. The standard InChI is InChI=1S/C12H24N2O/c1-12(2,3)15-9-14-7-10-4-5-13-6-11(10)8-14/h10-11,13H,4-9H2,1-3H3/t10-,11+/m1/s1. The van der Waals surface area contributed by atoms with E-state index in [9.17, 15) is 0 Å². The summed E-state index contributed by atoms with van der Waals surface area (Å²) in [7, 11) is 0. The van der Waals surface area contributed by atoms with Crippen LogP contribution >= 0.6 is 0 Å². The summed E-state index contributed by atoms with van der Waals surface area (Å²) in [5.41, 5.74) is -0.00792. The van der Waals surface area contributed by atoms with Crippen LogP contribution in [0.2, 0.25) is 0 Å². The molecule has 2 heterocycles. The number of fused-ring (bicyclic) bond motifs is 1. The zero-order chi connectivity index (χ0) is 10.9. The minimum Gasteiger partial charge on any atom is -0.360 e. The third-order valence-corrected chi connectivity index (χ3v) is 3.43. The van der Waals surface area contributed by atoms with Crippen LogP contribution in [0.4, 0.5) is 0 Å². The summed E-state index contributed by atoms with van der Waals surface area (Å²) in [5.74, 6) is 1.78. The van der Waals surface area contributed by atoms with Crippen LogP contribution in [0.3, 0.4) is 0 Å². The molecule has 2 saturated heterocycles. The number of ether oxygens (including phenoxy) is 1. The summed E-state index contributed by atoms with van der Waals surface area (Å²) in [6.07, 6.45) is 1.34. The highest BCUT2D eigenvalue weighted by Crippen LogP contribution is 2.28. The lowest BCUT2D eigenvalue weighted by atomic mass is 9.90. The number of hydrogen-bond donors (Lipinski definition) is 1. The van der Waals surface area contributed by atoms with Gasteiger partial charge in [-0.15, -0.1) is 0 Å². The number of hydrogen-bond acceptors (Lipinski definition) is 3. The molecule has 0 aromatic carbocycles. The summed E-state index contributed by atoms with van der Waals surface area (Å²) in [4.78, 5) is 2.47. The van der Waals surface area contributed by atoms with E-state index in [1.54, 1.807) is 0 Å².